The van der Waals surface area contributed by atoms with Crippen molar-refractivity contribution in [2.75, 3.05) is 6.61 Å². The number of fused-ring (bicyclic) bond motifs is 1. The van der Waals surface area contributed by atoms with Gasteiger partial charge in [0, 0.05) is 18.4 Å². The first kappa shape index (κ1) is 12.0. The maximum Gasteiger partial charge on any atom is 0.303 e. The molecule has 1 aliphatic rings. The van der Waals surface area contributed by atoms with Gasteiger partial charge in [0.15, 0.2) is 0 Å². The molecule has 1 aromatic rings. The Balaban J connectivity index is 0.00000112. The predicted molar refractivity (Wildman–Crippen MR) is 55.1 cm³/mol. The standard InChI is InChI=1S/C9H12N2O3.ClH/c12-9(13)2-1-7-5-10-8-6-14-4-3-11(7)8;/h5H,1-4,6H2,(H,12,13);1H. The van der Waals surface area contributed by atoms with Crippen molar-refractivity contribution in [2.24, 2.45) is 0 Å². The van der Waals surface area contributed by atoms with Crippen LogP contribution in [0, 0.1) is 0 Å². The molecule has 0 saturated heterocycles. The average molecular weight is 233 g/mol. The van der Waals surface area contributed by atoms with E-state index >= 15 is 0 Å². The summed E-state index contributed by atoms with van der Waals surface area (Å²) in [5, 5.41) is 8.56. The number of ether oxygens (including phenoxy) is 1. The quantitative estimate of drug-likeness (QED) is 0.839. The molecule has 0 saturated carbocycles. The van der Waals surface area contributed by atoms with Gasteiger partial charge in [0.1, 0.15) is 12.4 Å². The van der Waals surface area contributed by atoms with Gasteiger partial charge in [-0.3, -0.25) is 4.79 Å². The second-order valence-corrected chi connectivity index (χ2v) is 3.26. The monoisotopic (exact) mass is 232 g/mol. The highest BCUT2D eigenvalue weighted by atomic mass is 35.5. The van der Waals surface area contributed by atoms with Gasteiger partial charge in [-0.15, -0.1) is 12.4 Å². The smallest absolute Gasteiger partial charge is 0.303 e. The summed E-state index contributed by atoms with van der Waals surface area (Å²) in [6, 6.07) is 0. The SMILES string of the molecule is Cl.O=C(O)CCc1cnc2n1CCOC2. The van der Waals surface area contributed by atoms with E-state index in [4.69, 9.17) is 9.84 Å². The first-order chi connectivity index (χ1) is 6.77. The molecule has 6 heteroatoms. The van der Waals surface area contributed by atoms with Crippen LogP contribution in [-0.4, -0.2) is 27.2 Å². The van der Waals surface area contributed by atoms with Crippen LogP contribution in [0.5, 0.6) is 0 Å². The van der Waals surface area contributed by atoms with Crippen molar-refractivity contribution in [1.82, 2.24) is 9.55 Å². The number of carboxylic acids is 1. The highest BCUT2D eigenvalue weighted by Crippen LogP contribution is 2.12. The van der Waals surface area contributed by atoms with E-state index in [2.05, 4.69) is 4.98 Å². The van der Waals surface area contributed by atoms with Crippen molar-refractivity contribution in [2.45, 2.75) is 26.0 Å². The van der Waals surface area contributed by atoms with Crippen LogP contribution < -0.4 is 0 Å². The van der Waals surface area contributed by atoms with Gasteiger partial charge < -0.3 is 14.4 Å². The molecule has 0 aliphatic carbocycles. The molecule has 0 unspecified atom stereocenters. The van der Waals surface area contributed by atoms with Crippen molar-refractivity contribution >= 4 is 18.4 Å². The number of imidazole rings is 1. The highest BCUT2D eigenvalue weighted by molar-refractivity contribution is 5.85. The lowest BCUT2D eigenvalue weighted by molar-refractivity contribution is -0.136. The molecule has 0 atom stereocenters. The second kappa shape index (κ2) is 5.14. The van der Waals surface area contributed by atoms with Gasteiger partial charge in [-0.2, -0.15) is 0 Å². The number of hydrogen-bond acceptors (Lipinski definition) is 3. The van der Waals surface area contributed by atoms with E-state index in [0.717, 1.165) is 18.1 Å². The predicted octanol–water partition coefficient (Wildman–Crippen LogP) is 0.852. The first-order valence-electron chi connectivity index (χ1n) is 4.60. The zero-order valence-corrected chi connectivity index (χ0v) is 9.00. The van der Waals surface area contributed by atoms with Crippen molar-refractivity contribution in [3.63, 3.8) is 0 Å². The normalized spacial score (nSPS) is 14.1. The van der Waals surface area contributed by atoms with Crippen molar-refractivity contribution in [3.05, 3.63) is 17.7 Å². The van der Waals surface area contributed by atoms with Crippen molar-refractivity contribution in [3.8, 4) is 0 Å². The molecular weight excluding hydrogens is 220 g/mol. The van der Waals surface area contributed by atoms with Crippen molar-refractivity contribution < 1.29 is 14.6 Å². The van der Waals surface area contributed by atoms with E-state index in [1.807, 2.05) is 4.57 Å². The maximum atomic E-state index is 10.4. The number of carbonyl (C=O) groups is 1. The fraction of sp³-hybridized carbons (Fsp3) is 0.556. The Morgan fingerprint density at radius 2 is 2.47 bits per heavy atom. The summed E-state index contributed by atoms with van der Waals surface area (Å²) in [5.41, 5.74) is 0.991. The molecule has 84 valence electrons. The number of aliphatic carboxylic acids is 1. The van der Waals surface area contributed by atoms with Gasteiger partial charge in [0.25, 0.3) is 0 Å². The lowest BCUT2D eigenvalue weighted by Crippen LogP contribution is -2.18. The lowest BCUT2D eigenvalue weighted by Gasteiger charge is -2.16. The van der Waals surface area contributed by atoms with E-state index < -0.39 is 5.97 Å². The summed E-state index contributed by atoms with van der Waals surface area (Å²) in [6.07, 6.45) is 2.45. The zero-order chi connectivity index (χ0) is 9.97. The Morgan fingerprint density at radius 3 is 3.20 bits per heavy atom. The van der Waals surface area contributed by atoms with Crippen LogP contribution in [0.15, 0.2) is 6.20 Å². The van der Waals surface area contributed by atoms with Crippen LogP contribution in [0.25, 0.3) is 0 Å². The lowest BCUT2D eigenvalue weighted by atomic mass is 10.2. The number of rotatable bonds is 3. The minimum absolute atomic E-state index is 0. The largest absolute Gasteiger partial charge is 0.481 e. The van der Waals surface area contributed by atoms with Crippen LogP contribution in [0.2, 0.25) is 0 Å². The van der Waals surface area contributed by atoms with E-state index in [0.29, 0.717) is 19.6 Å². The maximum absolute atomic E-state index is 10.4. The van der Waals surface area contributed by atoms with Gasteiger partial charge in [0.2, 0.25) is 0 Å². The fourth-order valence-corrected chi connectivity index (χ4v) is 1.60. The van der Waals surface area contributed by atoms with Gasteiger partial charge in [0.05, 0.1) is 13.0 Å². The Hall–Kier alpha value is -1.07. The van der Waals surface area contributed by atoms with Crippen LogP contribution in [0.1, 0.15) is 17.9 Å². The third-order valence-corrected chi connectivity index (χ3v) is 2.31. The molecule has 0 fully saturated rings. The highest BCUT2D eigenvalue weighted by Gasteiger charge is 2.14. The zero-order valence-electron chi connectivity index (χ0n) is 8.18. The molecule has 15 heavy (non-hydrogen) atoms. The topological polar surface area (TPSA) is 64.3 Å². The molecule has 2 rings (SSSR count). The van der Waals surface area contributed by atoms with Crippen LogP contribution in [0.4, 0.5) is 0 Å². The molecule has 0 bridgehead atoms. The number of aromatic nitrogens is 2. The molecule has 1 aliphatic heterocycles. The molecule has 0 spiro atoms. The summed E-state index contributed by atoms with van der Waals surface area (Å²) in [7, 11) is 0. The molecule has 1 N–H and O–H groups in total. The average Bonchev–Trinajstić information content (AvgIpc) is 2.58. The van der Waals surface area contributed by atoms with Crippen LogP contribution in [-0.2, 0) is 29.1 Å². The van der Waals surface area contributed by atoms with Crippen LogP contribution >= 0.6 is 12.4 Å². The number of hydrogen-bond donors (Lipinski definition) is 1. The Bertz CT molecular complexity index is 351. The summed E-state index contributed by atoms with van der Waals surface area (Å²) in [5.74, 6) is 0.129. The summed E-state index contributed by atoms with van der Waals surface area (Å²) in [6.45, 7) is 2.00. The molecule has 0 radical (unpaired) electrons. The molecule has 0 aromatic carbocycles. The number of halogens is 1. The number of aryl methyl sites for hydroxylation is 1. The van der Waals surface area contributed by atoms with Gasteiger partial charge in [-0.05, 0) is 6.42 Å². The molecule has 5 nitrogen and oxygen atoms in total. The Labute approximate surface area is 93.5 Å². The number of nitrogens with zero attached hydrogens (tertiary/aromatic N) is 2. The Kier molecular flexibility index (Phi) is 4.11. The summed E-state index contributed by atoms with van der Waals surface area (Å²) >= 11 is 0. The molecule has 2 heterocycles. The van der Waals surface area contributed by atoms with Gasteiger partial charge >= 0.3 is 5.97 Å². The minimum Gasteiger partial charge on any atom is -0.481 e. The summed E-state index contributed by atoms with van der Waals surface area (Å²) in [4.78, 5) is 14.6. The van der Waals surface area contributed by atoms with Gasteiger partial charge in [-0.1, -0.05) is 0 Å². The minimum atomic E-state index is -0.771. The first-order valence-corrected chi connectivity index (χ1v) is 4.60. The van der Waals surface area contributed by atoms with Gasteiger partial charge in [-0.25, -0.2) is 4.98 Å². The molecule has 0 amide bonds. The third kappa shape index (κ3) is 2.70. The molecular formula is C9H13ClN2O3. The number of carboxylic acid groups (broad SMARTS) is 1. The third-order valence-electron chi connectivity index (χ3n) is 2.31. The second-order valence-electron chi connectivity index (χ2n) is 3.26. The van der Waals surface area contributed by atoms with Crippen molar-refractivity contribution in [1.29, 1.82) is 0 Å². The fourth-order valence-electron chi connectivity index (χ4n) is 1.60. The Morgan fingerprint density at radius 1 is 1.67 bits per heavy atom. The van der Waals surface area contributed by atoms with Crippen LogP contribution in [0.3, 0.4) is 0 Å². The summed E-state index contributed by atoms with van der Waals surface area (Å²) < 4.78 is 7.28. The molecule has 1 aromatic heterocycles. The van der Waals surface area contributed by atoms with E-state index in [1.165, 1.54) is 0 Å². The van der Waals surface area contributed by atoms with E-state index in [-0.39, 0.29) is 18.8 Å². The van der Waals surface area contributed by atoms with E-state index in [9.17, 15) is 4.79 Å². The van der Waals surface area contributed by atoms with E-state index in [1.54, 1.807) is 6.20 Å².